The topological polar surface area (TPSA) is 41.5 Å². The van der Waals surface area contributed by atoms with Crippen molar-refractivity contribution in [3.63, 3.8) is 0 Å². The molecule has 3 nitrogen and oxygen atoms in total. The zero-order valence-corrected chi connectivity index (χ0v) is 11.6. The number of hydrogen-bond acceptors (Lipinski definition) is 3. The molecule has 1 aromatic rings. The number of hydrogen-bond donors (Lipinski definition) is 2. The van der Waals surface area contributed by atoms with E-state index >= 15 is 0 Å². The molecule has 0 spiro atoms. The lowest BCUT2D eigenvalue weighted by molar-refractivity contribution is 0.0594. The van der Waals surface area contributed by atoms with Crippen LogP contribution in [0.1, 0.15) is 25.8 Å². The molecule has 0 fully saturated rings. The molecule has 0 aliphatic heterocycles. The highest BCUT2D eigenvalue weighted by Crippen LogP contribution is 2.13. The van der Waals surface area contributed by atoms with E-state index in [1.54, 1.807) is 7.11 Å². The van der Waals surface area contributed by atoms with E-state index in [2.05, 4.69) is 43.4 Å². The first-order chi connectivity index (χ1) is 8.53. The summed E-state index contributed by atoms with van der Waals surface area (Å²) in [4.78, 5) is 0. The normalized spacial score (nSPS) is 13.6. The molecule has 0 aliphatic carbocycles. The fourth-order valence-corrected chi connectivity index (χ4v) is 1.84. The van der Waals surface area contributed by atoms with E-state index in [0.717, 1.165) is 12.8 Å². The van der Waals surface area contributed by atoms with Crippen molar-refractivity contribution in [3.8, 4) is 0 Å². The molecule has 2 N–H and O–H groups in total. The first-order valence-electron chi connectivity index (χ1n) is 6.49. The Balaban J connectivity index is 2.31. The van der Waals surface area contributed by atoms with Crippen molar-refractivity contribution >= 4 is 0 Å². The molecule has 0 bridgehead atoms. The second-order valence-corrected chi connectivity index (χ2v) is 5.36. The van der Waals surface area contributed by atoms with Crippen molar-refractivity contribution in [2.24, 2.45) is 0 Å². The number of aliphatic hydroxyl groups is 1. The van der Waals surface area contributed by atoms with Gasteiger partial charge in [-0.25, -0.2) is 0 Å². The van der Waals surface area contributed by atoms with Gasteiger partial charge in [-0.15, -0.1) is 0 Å². The van der Waals surface area contributed by atoms with Crippen molar-refractivity contribution in [1.82, 2.24) is 5.32 Å². The Labute approximate surface area is 110 Å². The lowest BCUT2D eigenvalue weighted by atomic mass is 9.95. The van der Waals surface area contributed by atoms with Gasteiger partial charge in [0.05, 0.1) is 12.7 Å². The minimum absolute atomic E-state index is 0.0184. The molecule has 0 radical (unpaired) electrons. The van der Waals surface area contributed by atoms with Gasteiger partial charge in [0.25, 0.3) is 0 Å². The molecule has 18 heavy (non-hydrogen) atoms. The van der Waals surface area contributed by atoms with E-state index in [-0.39, 0.29) is 5.54 Å². The lowest BCUT2D eigenvalue weighted by Crippen LogP contribution is -2.44. The molecule has 0 amide bonds. The van der Waals surface area contributed by atoms with E-state index in [1.807, 2.05) is 6.07 Å². The van der Waals surface area contributed by atoms with E-state index in [1.165, 1.54) is 5.56 Å². The molecule has 0 saturated carbocycles. The van der Waals surface area contributed by atoms with Gasteiger partial charge in [-0.3, -0.25) is 0 Å². The minimum Gasteiger partial charge on any atom is -0.389 e. The number of aliphatic hydroxyl groups excluding tert-OH is 1. The van der Waals surface area contributed by atoms with Crippen molar-refractivity contribution in [3.05, 3.63) is 35.9 Å². The monoisotopic (exact) mass is 251 g/mol. The molecule has 0 aliphatic rings. The van der Waals surface area contributed by atoms with Crippen LogP contribution in [0, 0.1) is 0 Å². The Hall–Kier alpha value is -0.900. The number of nitrogens with one attached hydrogen (secondary N) is 1. The van der Waals surface area contributed by atoms with Crippen LogP contribution in [0.4, 0.5) is 0 Å². The molecular weight excluding hydrogens is 226 g/mol. The number of β-amino-alcohol motifs (C(OH)–C–C–N with tert-alkyl or cyclic N) is 1. The van der Waals surface area contributed by atoms with Crippen molar-refractivity contribution in [2.45, 2.75) is 38.3 Å². The molecule has 3 heteroatoms. The fraction of sp³-hybridized carbons (Fsp3) is 0.600. The summed E-state index contributed by atoms with van der Waals surface area (Å²) < 4.78 is 4.91. The standard InChI is InChI=1S/C15H25NO2/c1-15(2,16-11-14(17)12-18-3)10-9-13-7-5-4-6-8-13/h4-8,14,16-17H,9-12H2,1-3H3. The van der Waals surface area contributed by atoms with Gasteiger partial charge in [0.1, 0.15) is 0 Å². The van der Waals surface area contributed by atoms with Crippen LogP contribution in [0.2, 0.25) is 0 Å². The summed E-state index contributed by atoms with van der Waals surface area (Å²) in [6.45, 7) is 5.27. The van der Waals surface area contributed by atoms with Gasteiger partial charge in [-0.2, -0.15) is 0 Å². The van der Waals surface area contributed by atoms with Gasteiger partial charge in [-0.1, -0.05) is 30.3 Å². The van der Waals surface area contributed by atoms with Gasteiger partial charge >= 0.3 is 0 Å². The van der Waals surface area contributed by atoms with Crippen molar-refractivity contribution < 1.29 is 9.84 Å². The van der Waals surface area contributed by atoms with Gasteiger partial charge in [0, 0.05) is 19.2 Å². The van der Waals surface area contributed by atoms with Crippen LogP contribution in [0.25, 0.3) is 0 Å². The van der Waals surface area contributed by atoms with Gasteiger partial charge in [0.2, 0.25) is 0 Å². The Kier molecular flexibility index (Phi) is 6.33. The van der Waals surface area contributed by atoms with E-state index in [9.17, 15) is 5.11 Å². The molecular formula is C15H25NO2. The smallest absolute Gasteiger partial charge is 0.0897 e. The highest BCUT2D eigenvalue weighted by Gasteiger charge is 2.18. The summed E-state index contributed by atoms with van der Waals surface area (Å²) >= 11 is 0. The molecule has 1 atom stereocenters. The number of rotatable bonds is 8. The Morgan fingerprint density at radius 2 is 1.94 bits per heavy atom. The number of ether oxygens (including phenoxy) is 1. The van der Waals surface area contributed by atoms with E-state index in [4.69, 9.17) is 4.74 Å². The van der Waals surface area contributed by atoms with Gasteiger partial charge < -0.3 is 15.2 Å². The minimum atomic E-state index is -0.439. The molecule has 1 rings (SSSR count). The van der Waals surface area contributed by atoms with Crippen LogP contribution in [0.3, 0.4) is 0 Å². The predicted octanol–water partition coefficient (Wildman–Crippen LogP) is 1.99. The number of methoxy groups -OCH3 is 1. The van der Waals surface area contributed by atoms with E-state index < -0.39 is 6.10 Å². The zero-order valence-electron chi connectivity index (χ0n) is 11.6. The largest absolute Gasteiger partial charge is 0.389 e. The Morgan fingerprint density at radius 3 is 2.56 bits per heavy atom. The SMILES string of the molecule is COCC(O)CNC(C)(C)CCc1ccccc1. The van der Waals surface area contributed by atoms with Crippen LogP contribution in [-0.2, 0) is 11.2 Å². The third kappa shape index (κ3) is 6.15. The average molecular weight is 251 g/mol. The number of benzene rings is 1. The molecule has 0 saturated heterocycles. The number of aryl methyl sites for hydroxylation is 1. The first kappa shape index (κ1) is 15.2. The summed E-state index contributed by atoms with van der Waals surface area (Å²) in [6, 6.07) is 10.5. The third-order valence-electron chi connectivity index (χ3n) is 3.06. The highest BCUT2D eigenvalue weighted by molar-refractivity contribution is 5.15. The summed E-state index contributed by atoms with van der Waals surface area (Å²) in [5.41, 5.74) is 1.37. The van der Waals surface area contributed by atoms with Crippen LogP contribution in [0.5, 0.6) is 0 Å². The quantitative estimate of drug-likeness (QED) is 0.742. The van der Waals surface area contributed by atoms with Gasteiger partial charge in [-0.05, 0) is 32.3 Å². The molecule has 0 heterocycles. The molecule has 1 aromatic carbocycles. The second kappa shape index (κ2) is 7.52. The van der Waals surface area contributed by atoms with Crippen LogP contribution < -0.4 is 5.32 Å². The average Bonchev–Trinajstić information content (AvgIpc) is 2.36. The van der Waals surface area contributed by atoms with Crippen LogP contribution >= 0.6 is 0 Å². The second-order valence-electron chi connectivity index (χ2n) is 5.36. The van der Waals surface area contributed by atoms with Crippen molar-refractivity contribution in [2.75, 3.05) is 20.3 Å². The maximum Gasteiger partial charge on any atom is 0.0897 e. The summed E-state index contributed by atoms with van der Waals surface area (Å²) in [5.74, 6) is 0. The summed E-state index contributed by atoms with van der Waals surface area (Å²) in [5, 5.41) is 13.0. The molecule has 0 aromatic heterocycles. The summed E-state index contributed by atoms with van der Waals surface area (Å²) in [6.07, 6.45) is 1.64. The molecule has 1 unspecified atom stereocenters. The fourth-order valence-electron chi connectivity index (χ4n) is 1.84. The first-order valence-corrected chi connectivity index (χ1v) is 6.49. The Morgan fingerprint density at radius 1 is 1.28 bits per heavy atom. The summed E-state index contributed by atoms with van der Waals surface area (Å²) in [7, 11) is 1.60. The Bertz CT molecular complexity index is 325. The molecule has 102 valence electrons. The van der Waals surface area contributed by atoms with Crippen LogP contribution in [0.15, 0.2) is 30.3 Å². The lowest BCUT2D eigenvalue weighted by Gasteiger charge is -2.27. The van der Waals surface area contributed by atoms with E-state index in [0.29, 0.717) is 13.2 Å². The van der Waals surface area contributed by atoms with Crippen LogP contribution in [-0.4, -0.2) is 37.0 Å². The highest BCUT2D eigenvalue weighted by atomic mass is 16.5. The maximum atomic E-state index is 9.61. The zero-order chi connectivity index (χ0) is 13.4. The predicted molar refractivity (Wildman–Crippen MR) is 74.7 cm³/mol. The maximum absolute atomic E-state index is 9.61. The third-order valence-corrected chi connectivity index (χ3v) is 3.06. The van der Waals surface area contributed by atoms with Crippen molar-refractivity contribution in [1.29, 1.82) is 0 Å². The van der Waals surface area contributed by atoms with Gasteiger partial charge in [0.15, 0.2) is 0 Å².